The Labute approximate surface area is 167 Å². The molecule has 0 bridgehead atoms. The predicted octanol–water partition coefficient (Wildman–Crippen LogP) is 2.42. The van der Waals surface area contributed by atoms with Crippen LogP contribution in [0.1, 0.15) is 11.3 Å². The van der Waals surface area contributed by atoms with Crippen molar-refractivity contribution in [1.82, 2.24) is 14.5 Å². The Morgan fingerprint density at radius 2 is 1.93 bits per heavy atom. The maximum Gasteiger partial charge on any atom is 0.349 e. The van der Waals surface area contributed by atoms with Gasteiger partial charge in [0.1, 0.15) is 17.1 Å². The molecule has 0 spiro atoms. The molecular formula is C20H14ClN3O5. The highest BCUT2D eigenvalue weighted by Crippen LogP contribution is 2.26. The van der Waals surface area contributed by atoms with Gasteiger partial charge in [-0.05, 0) is 30.7 Å². The lowest BCUT2D eigenvalue weighted by Crippen LogP contribution is -2.31. The summed E-state index contributed by atoms with van der Waals surface area (Å²) in [6, 6.07) is 11.1. The molecule has 3 aromatic heterocycles. The molecular weight excluding hydrogens is 398 g/mol. The lowest BCUT2D eigenvalue weighted by atomic mass is 10.1. The standard InChI is InChI=1S/C20H14ClN3O5/c1-10-8-15(25)16(19(27)29-10)14-7-6-12-17(22-14)24(20(28)23-18(12)26)9-11-4-2-3-5-13(11)21/h2-8,25H,9H2,1H3,(H,23,26,28). The molecule has 4 aromatic rings. The molecule has 0 fully saturated rings. The molecule has 9 heteroatoms. The molecule has 0 aliphatic heterocycles. The second-order valence-corrected chi connectivity index (χ2v) is 6.82. The summed E-state index contributed by atoms with van der Waals surface area (Å²) < 4.78 is 6.28. The molecule has 0 radical (unpaired) electrons. The lowest BCUT2D eigenvalue weighted by molar-refractivity contribution is 0.438. The van der Waals surface area contributed by atoms with Crippen LogP contribution >= 0.6 is 11.6 Å². The number of hydrogen-bond acceptors (Lipinski definition) is 6. The number of nitrogens with one attached hydrogen (secondary N) is 1. The van der Waals surface area contributed by atoms with E-state index in [1.54, 1.807) is 24.3 Å². The van der Waals surface area contributed by atoms with E-state index >= 15 is 0 Å². The van der Waals surface area contributed by atoms with Crippen molar-refractivity contribution in [2.75, 3.05) is 0 Å². The van der Waals surface area contributed by atoms with Crippen LogP contribution in [0.4, 0.5) is 0 Å². The van der Waals surface area contributed by atoms with E-state index in [9.17, 15) is 19.5 Å². The minimum absolute atomic E-state index is 0.0514. The highest BCUT2D eigenvalue weighted by Gasteiger charge is 2.17. The zero-order chi connectivity index (χ0) is 20.7. The van der Waals surface area contributed by atoms with Crippen molar-refractivity contribution in [2.45, 2.75) is 13.5 Å². The van der Waals surface area contributed by atoms with E-state index in [2.05, 4.69) is 9.97 Å². The van der Waals surface area contributed by atoms with Gasteiger partial charge in [0.15, 0.2) is 5.65 Å². The Hall–Kier alpha value is -3.65. The summed E-state index contributed by atoms with van der Waals surface area (Å²) in [4.78, 5) is 43.5. The van der Waals surface area contributed by atoms with E-state index in [1.165, 1.54) is 29.7 Å². The Balaban J connectivity index is 1.99. The van der Waals surface area contributed by atoms with Crippen molar-refractivity contribution in [3.05, 3.63) is 90.1 Å². The van der Waals surface area contributed by atoms with Crippen LogP contribution in [0.3, 0.4) is 0 Å². The van der Waals surface area contributed by atoms with E-state index < -0.39 is 16.9 Å². The van der Waals surface area contributed by atoms with Gasteiger partial charge in [0, 0.05) is 11.1 Å². The number of nitrogens with zero attached hydrogens (tertiary/aromatic N) is 2. The summed E-state index contributed by atoms with van der Waals surface area (Å²) in [7, 11) is 0. The van der Waals surface area contributed by atoms with Crippen LogP contribution in [-0.2, 0) is 6.54 Å². The molecule has 0 unspecified atom stereocenters. The third-order valence-electron chi connectivity index (χ3n) is 4.44. The van der Waals surface area contributed by atoms with Crippen molar-refractivity contribution in [2.24, 2.45) is 0 Å². The van der Waals surface area contributed by atoms with Crippen LogP contribution in [0.25, 0.3) is 22.3 Å². The molecule has 1 aromatic carbocycles. The van der Waals surface area contributed by atoms with E-state index in [0.29, 0.717) is 10.6 Å². The first kappa shape index (κ1) is 18.7. The maximum atomic E-state index is 12.5. The van der Waals surface area contributed by atoms with Gasteiger partial charge in [-0.25, -0.2) is 14.6 Å². The summed E-state index contributed by atoms with van der Waals surface area (Å²) >= 11 is 6.20. The third-order valence-corrected chi connectivity index (χ3v) is 4.81. The minimum atomic E-state index is -0.779. The minimum Gasteiger partial charge on any atom is -0.507 e. The maximum absolute atomic E-state index is 12.5. The van der Waals surface area contributed by atoms with E-state index in [-0.39, 0.29) is 40.3 Å². The monoisotopic (exact) mass is 411 g/mol. The van der Waals surface area contributed by atoms with Gasteiger partial charge in [-0.2, -0.15) is 0 Å². The zero-order valence-corrected chi connectivity index (χ0v) is 15.9. The largest absolute Gasteiger partial charge is 0.507 e. The molecule has 0 saturated heterocycles. The summed E-state index contributed by atoms with van der Waals surface area (Å²) in [5, 5.41) is 10.8. The van der Waals surface area contributed by atoms with Crippen molar-refractivity contribution < 1.29 is 9.52 Å². The molecule has 3 heterocycles. The number of benzene rings is 1. The number of rotatable bonds is 3. The highest BCUT2D eigenvalue weighted by molar-refractivity contribution is 6.31. The second-order valence-electron chi connectivity index (χ2n) is 6.41. The number of aromatic amines is 1. The Bertz CT molecular complexity index is 1430. The topological polar surface area (TPSA) is 118 Å². The molecule has 29 heavy (non-hydrogen) atoms. The number of aromatic nitrogens is 3. The van der Waals surface area contributed by atoms with Crippen molar-refractivity contribution in [1.29, 1.82) is 0 Å². The fourth-order valence-corrected chi connectivity index (χ4v) is 3.27. The van der Waals surface area contributed by atoms with Gasteiger partial charge in [0.05, 0.1) is 17.6 Å². The Morgan fingerprint density at radius 1 is 1.17 bits per heavy atom. The molecule has 0 saturated carbocycles. The lowest BCUT2D eigenvalue weighted by Gasteiger charge is -2.11. The molecule has 2 N–H and O–H groups in total. The second kappa shape index (κ2) is 7.06. The van der Waals surface area contributed by atoms with Gasteiger partial charge in [-0.3, -0.25) is 14.3 Å². The van der Waals surface area contributed by atoms with Crippen LogP contribution in [-0.4, -0.2) is 19.6 Å². The van der Waals surface area contributed by atoms with Crippen LogP contribution in [0.15, 0.2) is 61.3 Å². The number of fused-ring (bicyclic) bond motifs is 1. The van der Waals surface area contributed by atoms with Gasteiger partial charge in [-0.1, -0.05) is 29.8 Å². The van der Waals surface area contributed by atoms with Crippen molar-refractivity contribution in [3.8, 4) is 17.0 Å². The first-order valence-electron chi connectivity index (χ1n) is 8.56. The number of aryl methyl sites for hydroxylation is 1. The smallest absolute Gasteiger partial charge is 0.349 e. The van der Waals surface area contributed by atoms with E-state index in [0.717, 1.165) is 0 Å². The summed E-state index contributed by atoms with van der Waals surface area (Å²) in [6.45, 7) is 1.58. The van der Waals surface area contributed by atoms with Gasteiger partial charge in [-0.15, -0.1) is 0 Å². The number of H-pyrrole nitrogens is 1. The average molecular weight is 412 g/mol. The fraction of sp³-hybridized carbons (Fsp3) is 0.100. The third kappa shape index (κ3) is 3.34. The molecule has 8 nitrogen and oxygen atoms in total. The molecule has 0 aliphatic rings. The molecule has 0 aliphatic carbocycles. The number of halogens is 1. The summed E-state index contributed by atoms with van der Waals surface area (Å²) in [5.41, 5.74) is -1.45. The molecule has 4 rings (SSSR count). The van der Waals surface area contributed by atoms with Crippen molar-refractivity contribution >= 4 is 22.6 Å². The van der Waals surface area contributed by atoms with Gasteiger partial charge in [0.25, 0.3) is 5.56 Å². The number of pyridine rings is 1. The van der Waals surface area contributed by atoms with Gasteiger partial charge in [0.2, 0.25) is 0 Å². The Morgan fingerprint density at radius 3 is 2.66 bits per heavy atom. The zero-order valence-electron chi connectivity index (χ0n) is 15.1. The molecule has 0 amide bonds. The first-order valence-corrected chi connectivity index (χ1v) is 8.94. The van der Waals surface area contributed by atoms with Crippen LogP contribution in [0, 0.1) is 6.92 Å². The summed E-state index contributed by atoms with van der Waals surface area (Å²) in [6.07, 6.45) is 0. The average Bonchev–Trinajstić information content (AvgIpc) is 2.65. The summed E-state index contributed by atoms with van der Waals surface area (Å²) in [5.74, 6) is -0.0699. The quantitative estimate of drug-likeness (QED) is 0.534. The SMILES string of the molecule is Cc1cc(O)c(-c2ccc3c(=O)[nH]c(=O)n(Cc4ccccc4Cl)c3n2)c(=O)o1. The number of hydrogen-bond donors (Lipinski definition) is 2. The van der Waals surface area contributed by atoms with Crippen molar-refractivity contribution in [3.63, 3.8) is 0 Å². The first-order chi connectivity index (χ1) is 13.8. The number of aromatic hydroxyl groups is 1. The normalized spacial score (nSPS) is 11.1. The van der Waals surface area contributed by atoms with Crippen LogP contribution < -0.4 is 16.9 Å². The van der Waals surface area contributed by atoms with E-state index in [4.69, 9.17) is 16.0 Å². The predicted molar refractivity (Wildman–Crippen MR) is 108 cm³/mol. The molecule has 146 valence electrons. The van der Waals surface area contributed by atoms with Gasteiger partial charge >= 0.3 is 11.3 Å². The van der Waals surface area contributed by atoms with Crippen LogP contribution in [0.5, 0.6) is 5.75 Å². The van der Waals surface area contributed by atoms with E-state index in [1.807, 2.05) is 0 Å². The van der Waals surface area contributed by atoms with Gasteiger partial charge < -0.3 is 9.52 Å². The molecule has 0 atom stereocenters. The van der Waals surface area contributed by atoms with Crippen LogP contribution in [0.2, 0.25) is 5.02 Å². The highest BCUT2D eigenvalue weighted by atomic mass is 35.5. The Kier molecular flexibility index (Phi) is 4.56. The fourth-order valence-electron chi connectivity index (χ4n) is 3.07.